The van der Waals surface area contributed by atoms with Gasteiger partial charge in [-0.1, -0.05) is 12.1 Å². The van der Waals surface area contributed by atoms with E-state index < -0.39 is 14.0 Å². The largest absolute Gasteiger partial charge is 0.478 e. The highest BCUT2D eigenvalue weighted by molar-refractivity contribution is 7.37. The van der Waals surface area contributed by atoms with Crippen molar-refractivity contribution in [2.75, 3.05) is 6.16 Å². The van der Waals surface area contributed by atoms with Crippen molar-refractivity contribution in [3.8, 4) is 0 Å². The molecule has 1 rings (SSSR count). The third-order valence-corrected chi connectivity index (χ3v) is 2.81. The minimum atomic E-state index is -2.40. The van der Waals surface area contributed by atoms with E-state index in [0.717, 1.165) is 5.56 Å². The van der Waals surface area contributed by atoms with Crippen molar-refractivity contribution in [1.82, 2.24) is 0 Å². The van der Waals surface area contributed by atoms with Crippen molar-refractivity contribution in [1.29, 1.82) is 0 Å². The summed E-state index contributed by atoms with van der Waals surface area (Å²) in [6.07, 6.45) is 1.54. The first-order valence-electron chi connectivity index (χ1n) is 4.63. The monoisotopic (exact) mass is 228 g/mol. The molecule has 4 nitrogen and oxygen atoms in total. The summed E-state index contributed by atoms with van der Waals surface area (Å²) in [5.41, 5.74) is 1.14. The summed E-state index contributed by atoms with van der Waals surface area (Å²) < 4.78 is 10.5. The lowest BCUT2D eigenvalue weighted by atomic mass is 10.1. The zero-order chi connectivity index (χ0) is 11.3. The van der Waals surface area contributed by atoms with E-state index in [2.05, 4.69) is 0 Å². The topological polar surface area (TPSA) is 74.6 Å². The van der Waals surface area contributed by atoms with Crippen LogP contribution in [-0.4, -0.2) is 22.1 Å². The molecule has 0 saturated carbocycles. The van der Waals surface area contributed by atoms with Gasteiger partial charge in [-0.2, -0.15) is 0 Å². The van der Waals surface area contributed by atoms with Gasteiger partial charge in [0.25, 0.3) is 0 Å². The molecule has 82 valence electrons. The van der Waals surface area contributed by atoms with Crippen molar-refractivity contribution >= 4 is 14.0 Å². The van der Waals surface area contributed by atoms with Gasteiger partial charge in [0.05, 0.1) is 5.56 Å². The Kier molecular flexibility index (Phi) is 4.53. The van der Waals surface area contributed by atoms with Crippen LogP contribution in [0.25, 0.3) is 0 Å². The number of aromatic carboxylic acids is 1. The van der Waals surface area contributed by atoms with Crippen molar-refractivity contribution in [3.05, 3.63) is 35.4 Å². The van der Waals surface area contributed by atoms with Crippen LogP contribution in [0.2, 0.25) is 0 Å². The van der Waals surface area contributed by atoms with Gasteiger partial charge in [-0.15, -0.1) is 0 Å². The standard InChI is InChI=1S/C10H13O4P/c11-10(12)9-5-1-3-8(7-9)4-2-6-15(13)14/h1,3,5,7,15H,2,4,6H2,(H,11,12)(H,13,14). The van der Waals surface area contributed by atoms with Crippen LogP contribution in [0.4, 0.5) is 0 Å². The Morgan fingerprint density at radius 3 is 2.73 bits per heavy atom. The average molecular weight is 228 g/mol. The molecule has 0 heterocycles. The third kappa shape index (κ3) is 4.28. The molecule has 1 aromatic carbocycles. The Morgan fingerprint density at radius 1 is 1.40 bits per heavy atom. The summed E-state index contributed by atoms with van der Waals surface area (Å²) in [7, 11) is -2.40. The van der Waals surface area contributed by atoms with Crippen LogP contribution in [0.15, 0.2) is 24.3 Å². The Balaban J connectivity index is 2.58. The van der Waals surface area contributed by atoms with E-state index in [-0.39, 0.29) is 5.56 Å². The lowest BCUT2D eigenvalue weighted by Gasteiger charge is -2.01. The number of hydrogen-bond acceptors (Lipinski definition) is 2. The maximum Gasteiger partial charge on any atom is 0.335 e. The normalized spacial score (nSPS) is 12.3. The summed E-state index contributed by atoms with van der Waals surface area (Å²) in [6.45, 7) is 0. The van der Waals surface area contributed by atoms with E-state index in [1.54, 1.807) is 12.1 Å². The lowest BCUT2D eigenvalue weighted by Crippen LogP contribution is -1.97. The van der Waals surface area contributed by atoms with Gasteiger partial charge in [0.2, 0.25) is 0 Å². The van der Waals surface area contributed by atoms with Crippen LogP contribution in [-0.2, 0) is 11.0 Å². The molecule has 2 N–H and O–H groups in total. The number of hydrogen-bond donors (Lipinski definition) is 2. The van der Waals surface area contributed by atoms with Gasteiger partial charge in [0, 0.05) is 6.16 Å². The highest BCUT2D eigenvalue weighted by atomic mass is 31.1. The van der Waals surface area contributed by atoms with E-state index in [0.29, 0.717) is 19.0 Å². The molecule has 1 unspecified atom stereocenters. The van der Waals surface area contributed by atoms with Crippen LogP contribution >= 0.6 is 8.03 Å². The Hall–Kier alpha value is -1.12. The molecular formula is C10H13O4P. The van der Waals surface area contributed by atoms with Crippen molar-refractivity contribution < 1.29 is 19.4 Å². The molecule has 0 aliphatic heterocycles. The fraction of sp³-hybridized carbons (Fsp3) is 0.300. The molecule has 15 heavy (non-hydrogen) atoms. The molecule has 0 fully saturated rings. The molecular weight excluding hydrogens is 215 g/mol. The smallest absolute Gasteiger partial charge is 0.335 e. The summed E-state index contributed by atoms with van der Waals surface area (Å²) in [5.74, 6) is -0.951. The number of carboxylic acids is 1. The maximum atomic E-state index is 10.7. The van der Waals surface area contributed by atoms with Crippen LogP contribution in [0, 0.1) is 0 Å². The van der Waals surface area contributed by atoms with Gasteiger partial charge < -0.3 is 10.00 Å². The van der Waals surface area contributed by atoms with E-state index >= 15 is 0 Å². The molecule has 1 aromatic rings. The van der Waals surface area contributed by atoms with Crippen LogP contribution in [0.5, 0.6) is 0 Å². The second-order valence-electron chi connectivity index (χ2n) is 3.25. The summed E-state index contributed by atoms with van der Waals surface area (Å²) in [4.78, 5) is 19.3. The van der Waals surface area contributed by atoms with Crippen LogP contribution < -0.4 is 0 Å². The van der Waals surface area contributed by atoms with E-state index in [9.17, 15) is 9.36 Å². The van der Waals surface area contributed by atoms with Crippen LogP contribution in [0.3, 0.4) is 0 Å². The van der Waals surface area contributed by atoms with Gasteiger partial charge >= 0.3 is 5.97 Å². The molecule has 0 spiro atoms. The maximum absolute atomic E-state index is 10.7. The molecule has 0 saturated heterocycles. The highest BCUT2D eigenvalue weighted by Gasteiger charge is 2.03. The van der Waals surface area contributed by atoms with Crippen molar-refractivity contribution in [2.45, 2.75) is 12.8 Å². The SMILES string of the molecule is O=C(O)c1cccc(CCC[PH](=O)O)c1. The molecule has 0 aromatic heterocycles. The van der Waals surface area contributed by atoms with Gasteiger partial charge in [-0.25, -0.2) is 4.79 Å². The minimum Gasteiger partial charge on any atom is -0.478 e. The first kappa shape index (κ1) is 12.0. The summed E-state index contributed by atoms with van der Waals surface area (Å²) in [5, 5.41) is 8.74. The molecule has 5 heteroatoms. The van der Waals surface area contributed by atoms with Crippen LogP contribution in [0.1, 0.15) is 22.3 Å². The first-order valence-corrected chi connectivity index (χ1v) is 6.20. The van der Waals surface area contributed by atoms with Gasteiger partial charge in [-0.3, -0.25) is 4.57 Å². The number of rotatable bonds is 5. The average Bonchev–Trinajstić information content (AvgIpc) is 2.17. The third-order valence-electron chi connectivity index (χ3n) is 2.03. The quantitative estimate of drug-likeness (QED) is 0.753. The van der Waals surface area contributed by atoms with Crippen molar-refractivity contribution in [3.63, 3.8) is 0 Å². The Bertz CT molecular complexity index is 375. The van der Waals surface area contributed by atoms with E-state index in [1.807, 2.05) is 6.07 Å². The molecule has 0 aliphatic carbocycles. The van der Waals surface area contributed by atoms with Gasteiger partial charge in [0.1, 0.15) is 0 Å². The highest BCUT2D eigenvalue weighted by Crippen LogP contribution is 2.16. The van der Waals surface area contributed by atoms with Crippen molar-refractivity contribution in [2.24, 2.45) is 0 Å². The fourth-order valence-electron chi connectivity index (χ4n) is 1.30. The van der Waals surface area contributed by atoms with Gasteiger partial charge in [-0.05, 0) is 30.5 Å². The number of carboxylic acid groups (broad SMARTS) is 1. The minimum absolute atomic E-state index is 0.254. The predicted octanol–water partition coefficient (Wildman–Crippen LogP) is 1.78. The van der Waals surface area contributed by atoms with Gasteiger partial charge in [0.15, 0.2) is 8.03 Å². The Labute approximate surface area is 88.4 Å². The zero-order valence-electron chi connectivity index (χ0n) is 8.14. The van der Waals surface area contributed by atoms with E-state index in [4.69, 9.17) is 10.00 Å². The second kappa shape index (κ2) is 5.69. The lowest BCUT2D eigenvalue weighted by molar-refractivity contribution is 0.0696. The summed E-state index contributed by atoms with van der Waals surface area (Å²) in [6, 6.07) is 6.62. The number of aryl methyl sites for hydroxylation is 1. The number of benzene rings is 1. The number of carbonyl (C=O) groups is 1. The summed E-state index contributed by atoms with van der Waals surface area (Å²) >= 11 is 0. The molecule has 0 amide bonds. The Morgan fingerprint density at radius 2 is 2.13 bits per heavy atom. The predicted molar refractivity (Wildman–Crippen MR) is 57.8 cm³/mol. The second-order valence-corrected chi connectivity index (χ2v) is 4.54. The molecule has 0 bridgehead atoms. The molecule has 0 radical (unpaired) electrons. The molecule has 0 aliphatic rings. The first-order chi connectivity index (χ1) is 7.09. The zero-order valence-corrected chi connectivity index (χ0v) is 9.14. The van der Waals surface area contributed by atoms with E-state index in [1.165, 1.54) is 6.07 Å². The fourth-order valence-corrected chi connectivity index (χ4v) is 1.78. The molecule has 1 atom stereocenters.